The molecular weight excluding hydrogens is 218 g/mol. The molecule has 2 saturated carbocycles. The molecule has 4 nitrogen and oxygen atoms in total. The zero-order valence-corrected chi connectivity index (χ0v) is 10.7. The summed E-state index contributed by atoms with van der Waals surface area (Å²) >= 11 is 0. The molecule has 0 bridgehead atoms. The summed E-state index contributed by atoms with van der Waals surface area (Å²) in [7, 11) is 0. The van der Waals surface area contributed by atoms with Crippen molar-refractivity contribution in [2.45, 2.75) is 52.0 Å². The first-order valence-corrected chi connectivity index (χ1v) is 6.32. The van der Waals surface area contributed by atoms with Crippen molar-refractivity contribution in [1.29, 1.82) is 0 Å². The minimum absolute atomic E-state index is 0.0817. The number of amides is 1. The van der Waals surface area contributed by atoms with E-state index in [1.165, 1.54) is 12.8 Å². The Kier molecular flexibility index (Phi) is 2.71. The average Bonchev–Trinajstić information content (AvgIpc) is 2.82. The van der Waals surface area contributed by atoms with Crippen LogP contribution < -0.4 is 5.32 Å². The van der Waals surface area contributed by atoms with Crippen LogP contribution in [-0.2, 0) is 9.59 Å². The molecular formula is C13H21NO3. The molecule has 2 aliphatic carbocycles. The predicted molar refractivity (Wildman–Crippen MR) is 63.4 cm³/mol. The molecule has 4 heteroatoms. The normalized spacial score (nSPS) is 43.0. The molecule has 0 aromatic rings. The second-order valence-corrected chi connectivity index (χ2v) is 6.10. The first kappa shape index (κ1) is 12.4. The number of hydrogen-bond acceptors (Lipinski definition) is 2. The molecule has 0 aliphatic heterocycles. The molecule has 0 radical (unpaired) electrons. The Balaban J connectivity index is 1.97. The van der Waals surface area contributed by atoms with Gasteiger partial charge in [-0.25, -0.2) is 0 Å². The van der Waals surface area contributed by atoms with E-state index in [-0.39, 0.29) is 29.7 Å². The van der Waals surface area contributed by atoms with Crippen LogP contribution in [0.3, 0.4) is 0 Å². The van der Waals surface area contributed by atoms with Gasteiger partial charge < -0.3 is 10.4 Å². The van der Waals surface area contributed by atoms with Gasteiger partial charge in [0, 0.05) is 12.0 Å². The summed E-state index contributed by atoms with van der Waals surface area (Å²) in [5, 5.41) is 11.7. The number of hydrogen-bond donors (Lipinski definition) is 2. The Morgan fingerprint density at radius 3 is 2.47 bits per heavy atom. The second-order valence-electron chi connectivity index (χ2n) is 6.10. The number of aliphatic carboxylic acids is 1. The maximum atomic E-state index is 11.8. The molecule has 2 fully saturated rings. The quantitative estimate of drug-likeness (QED) is 0.786. The van der Waals surface area contributed by atoms with Crippen LogP contribution in [0.1, 0.15) is 46.5 Å². The van der Waals surface area contributed by atoms with Crippen LogP contribution >= 0.6 is 0 Å². The molecule has 0 saturated heterocycles. The summed E-state index contributed by atoms with van der Waals surface area (Å²) in [5.74, 6) is 0.165. The van der Waals surface area contributed by atoms with E-state index in [9.17, 15) is 9.59 Å². The number of rotatable bonds is 4. The largest absolute Gasteiger partial charge is 0.481 e. The molecule has 4 atom stereocenters. The number of carbonyl (C=O) groups is 2. The third-order valence-electron chi connectivity index (χ3n) is 5.19. The maximum absolute atomic E-state index is 11.8. The number of nitrogens with one attached hydrogen (secondary N) is 1. The molecule has 2 N–H and O–H groups in total. The van der Waals surface area contributed by atoms with Crippen LogP contribution in [0, 0.1) is 17.3 Å². The van der Waals surface area contributed by atoms with Gasteiger partial charge in [0.25, 0.3) is 0 Å². The number of carboxylic acids is 1. The SMILES string of the molecule is CC1CC2CC2(C)C1(C)NC(=O)CCC(=O)O. The highest BCUT2D eigenvalue weighted by Gasteiger charge is 2.68. The van der Waals surface area contributed by atoms with Crippen molar-refractivity contribution in [3.63, 3.8) is 0 Å². The van der Waals surface area contributed by atoms with E-state index in [2.05, 4.69) is 26.1 Å². The smallest absolute Gasteiger partial charge is 0.303 e. The van der Waals surface area contributed by atoms with E-state index in [1.807, 2.05) is 0 Å². The molecule has 4 unspecified atom stereocenters. The van der Waals surface area contributed by atoms with E-state index in [1.54, 1.807) is 0 Å². The van der Waals surface area contributed by atoms with Crippen molar-refractivity contribution in [2.24, 2.45) is 17.3 Å². The lowest BCUT2D eigenvalue weighted by Crippen LogP contribution is -2.54. The van der Waals surface area contributed by atoms with Crippen LogP contribution in [-0.4, -0.2) is 22.5 Å². The first-order chi connectivity index (χ1) is 7.79. The Bertz CT molecular complexity index is 368. The predicted octanol–water partition coefficient (Wildman–Crippen LogP) is 1.79. The van der Waals surface area contributed by atoms with E-state index in [4.69, 9.17) is 5.11 Å². The van der Waals surface area contributed by atoms with Gasteiger partial charge in [-0.2, -0.15) is 0 Å². The Morgan fingerprint density at radius 1 is 1.35 bits per heavy atom. The van der Waals surface area contributed by atoms with Gasteiger partial charge in [0.15, 0.2) is 0 Å². The topological polar surface area (TPSA) is 66.4 Å². The van der Waals surface area contributed by atoms with Crippen molar-refractivity contribution in [3.8, 4) is 0 Å². The molecule has 0 aromatic carbocycles. The first-order valence-electron chi connectivity index (χ1n) is 6.32. The molecule has 17 heavy (non-hydrogen) atoms. The van der Waals surface area contributed by atoms with Gasteiger partial charge in [-0.1, -0.05) is 13.8 Å². The van der Waals surface area contributed by atoms with Crippen molar-refractivity contribution in [3.05, 3.63) is 0 Å². The van der Waals surface area contributed by atoms with E-state index in [0.29, 0.717) is 5.92 Å². The molecule has 2 aliphatic rings. The van der Waals surface area contributed by atoms with E-state index >= 15 is 0 Å². The number of carbonyl (C=O) groups excluding carboxylic acids is 1. The van der Waals surface area contributed by atoms with Crippen molar-refractivity contribution in [1.82, 2.24) is 5.32 Å². The zero-order valence-electron chi connectivity index (χ0n) is 10.7. The second kappa shape index (κ2) is 3.72. The van der Waals surface area contributed by atoms with Crippen LogP contribution in [0.15, 0.2) is 0 Å². The lowest BCUT2D eigenvalue weighted by atomic mass is 9.78. The lowest BCUT2D eigenvalue weighted by Gasteiger charge is -2.38. The molecule has 1 amide bonds. The summed E-state index contributed by atoms with van der Waals surface area (Å²) in [6, 6.07) is 0. The Labute approximate surface area is 102 Å². The summed E-state index contributed by atoms with van der Waals surface area (Å²) in [5.41, 5.74) is 0.0680. The van der Waals surface area contributed by atoms with Gasteiger partial charge in [0.1, 0.15) is 0 Å². The van der Waals surface area contributed by atoms with Crippen LogP contribution in [0.25, 0.3) is 0 Å². The molecule has 2 rings (SSSR count). The highest BCUT2D eigenvalue weighted by Crippen LogP contribution is 2.69. The molecule has 96 valence electrons. The minimum Gasteiger partial charge on any atom is -0.481 e. The average molecular weight is 239 g/mol. The minimum atomic E-state index is -0.916. The van der Waals surface area contributed by atoms with Gasteiger partial charge in [-0.15, -0.1) is 0 Å². The third-order valence-corrected chi connectivity index (χ3v) is 5.19. The van der Waals surface area contributed by atoms with Crippen LogP contribution in [0.4, 0.5) is 0 Å². The Morgan fingerprint density at radius 2 is 2.00 bits per heavy atom. The zero-order chi connectivity index (χ0) is 12.8. The fourth-order valence-corrected chi connectivity index (χ4v) is 3.50. The number of fused-ring (bicyclic) bond motifs is 1. The summed E-state index contributed by atoms with van der Waals surface area (Å²) < 4.78 is 0. The number of carboxylic acid groups (broad SMARTS) is 1. The highest BCUT2D eigenvalue weighted by atomic mass is 16.4. The molecule has 0 heterocycles. The Hall–Kier alpha value is -1.06. The summed E-state index contributed by atoms with van der Waals surface area (Å²) in [6.45, 7) is 6.52. The van der Waals surface area contributed by atoms with Crippen molar-refractivity contribution in [2.75, 3.05) is 0 Å². The van der Waals surface area contributed by atoms with Gasteiger partial charge in [-0.05, 0) is 37.0 Å². The monoisotopic (exact) mass is 239 g/mol. The standard InChI is InChI=1S/C13H21NO3/c1-8-6-9-7-12(9,2)13(8,3)14-10(15)4-5-11(16)17/h8-9H,4-7H2,1-3H3,(H,14,15)(H,16,17). The van der Waals surface area contributed by atoms with Crippen LogP contribution in [0.5, 0.6) is 0 Å². The van der Waals surface area contributed by atoms with Crippen molar-refractivity contribution < 1.29 is 14.7 Å². The van der Waals surface area contributed by atoms with Gasteiger partial charge >= 0.3 is 5.97 Å². The fourth-order valence-electron chi connectivity index (χ4n) is 3.50. The fraction of sp³-hybridized carbons (Fsp3) is 0.846. The van der Waals surface area contributed by atoms with Crippen LogP contribution in [0.2, 0.25) is 0 Å². The third kappa shape index (κ3) is 1.83. The van der Waals surface area contributed by atoms with E-state index < -0.39 is 5.97 Å². The van der Waals surface area contributed by atoms with Gasteiger partial charge in [0.2, 0.25) is 5.91 Å². The lowest BCUT2D eigenvalue weighted by molar-refractivity contribution is -0.139. The molecule has 0 spiro atoms. The van der Waals surface area contributed by atoms with Gasteiger partial charge in [0.05, 0.1) is 6.42 Å². The van der Waals surface area contributed by atoms with Gasteiger partial charge in [-0.3, -0.25) is 9.59 Å². The van der Waals surface area contributed by atoms with Crippen molar-refractivity contribution >= 4 is 11.9 Å². The highest BCUT2D eigenvalue weighted by molar-refractivity contribution is 5.81. The summed E-state index contributed by atoms with van der Waals surface area (Å²) in [4.78, 5) is 22.2. The maximum Gasteiger partial charge on any atom is 0.303 e. The summed E-state index contributed by atoms with van der Waals surface area (Å²) in [6.07, 6.45) is 2.36. The molecule has 0 aromatic heterocycles. The van der Waals surface area contributed by atoms with E-state index in [0.717, 1.165) is 5.92 Å².